The summed E-state index contributed by atoms with van der Waals surface area (Å²) in [4.78, 5) is 11.1. The zero-order chi connectivity index (χ0) is 12.4. The van der Waals surface area contributed by atoms with Crippen molar-refractivity contribution in [1.82, 2.24) is 5.16 Å². The molecule has 0 spiro atoms. The Bertz CT molecular complexity index is 568. The Labute approximate surface area is 100 Å². The van der Waals surface area contributed by atoms with Gasteiger partial charge < -0.3 is 9.63 Å². The van der Waals surface area contributed by atoms with Gasteiger partial charge in [0.15, 0.2) is 11.5 Å². The van der Waals surface area contributed by atoms with Gasteiger partial charge in [0.05, 0.1) is 4.90 Å². The number of halogens is 1. The molecule has 0 unspecified atom stereocenters. The second kappa shape index (κ2) is 4.58. The summed E-state index contributed by atoms with van der Waals surface area (Å²) in [7, 11) is 0. The number of hydrogen-bond acceptors (Lipinski definition) is 4. The molecular formula is C11H8FNO3S. The third kappa shape index (κ3) is 2.16. The minimum Gasteiger partial charge on any atom is -0.476 e. The largest absolute Gasteiger partial charge is 0.476 e. The van der Waals surface area contributed by atoms with Crippen LogP contribution in [0.1, 0.15) is 10.5 Å². The van der Waals surface area contributed by atoms with Crippen molar-refractivity contribution >= 4 is 17.7 Å². The average molecular weight is 253 g/mol. The van der Waals surface area contributed by atoms with Crippen molar-refractivity contribution in [3.8, 4) is 11.3 Å². The molecule has 4 nitrogen and oxygen atoms in total. The van der Waals surface area contributed by atoms with E-state index in [2.05, 4.69) is 5.16 Å². The predicted octanol–water partition coefficient (Wildman–Crippen LogP) is 2.90. The Morgan fingerprint density at radius 2 is 2.29 bits per heavy atom. The molecule has 2 aromatic rings. The number of thioether (sulfide) groups is 1. The maximum atomic E-state index is 13.5. The van der Waals surface area contributed by atoms with Crippen LogP contribution in [-0.2, 0) is 0 Å². The maximum absolute atomic E-state index is 13.5. The van der Waals surface area contributed by atoms with E-state index < -0.39 is 5.97 Å². The number of aromatic carboxylic acids is 1. The topological polar surface area (TPSA) is 63.3 Å². The lowest BCUT2D eigenvalue weighted by Gasteiger charge is -2.04. The summed E-state index contributed by atoms with van der Waals surface area (Å²) >= 11 is 1.22. The average Bonchev–Trinajstić information content (AvgIpc) is 2.77. The smallest absolute Gasteiger partial charge is 0.358 e. The van der Waals surface area contributed by atoms with E-state index in [1.165, 1.54) is 30.0 Å². The fraction of sp³-hybridized carbons (Fsp3) is 0.0909. The first kappa shape index (κ1) is 11.7. The van der Waals surface area contributed by atoms with Gasteiger partial charge in [-0.25, -0.2) is 9.18 Å². The highest BCUT2D eigenvalue weighted by molar-refractivity contribution is 7.98. The summed E-state index contributed by atoms with van der Waals surface area (Å²) in [5, 5.41) is 12.1. The monoisotopic (exact) mass is 253 g/mol. The van der Waals surface area contributed by atoms with Gasteiger partial charge in [0.2, 0.25) is 0 Å². The van der Waals surface area contributed by atoms with Gasteiger partial charge in [0.1, 0.15) is 5.82 Å². The van der Waals surface area contributed by atoms with Crippen molar-refractivity contribution in [3.05, 3.63) is 35.8 Å². The van der Waals surface area contributed by atoms with E-state index in [4.69, 9.17) is 9.63 Å². The number of benzene rings is 1. The minimum absolute atomic E-state index is 0.198. The first-order valence-electron chi connectivity index (χ1n) is 4.66. The molecule has 17 heavy (non-hydrogen) atoms. The molecule has 1 aromatic heterocycles. The second-order valence-corrected chi connectivity index (χ2v) is 4.02. The number of carboxylic acids is 1. The predicted molar refractivity (Wildman–Crippen MR) is 60.6 cm³/mol. The number of aromatic nitrogens is 1. The fourth-order valence-corrected chi connectivity index (χ4v) is 2.06. The van der Waals surface area contributed by atoms with Gasteiger partial charge in [0.25, 0.3) is 0 Å². The van der Waals surface area contributed by atoms with Gasteiger partial charge in [-0.2, -0.15) is 0 Å². The highest BCUT2D eigenvalue weighted by Crippen LogP contribution is 2.32. The van der Waals surface area contributed by atoms with Crippen LogP contribution in [0, 0.1) is 5.82 Å². The van der Waals surface area contributed by atoms with Crippen LogP contribution < -0.4 is 0 Å². The molecule has 1 heterocycles. The van der Waals surface area contributed by atoms with E-state index in [9.17, 15) is 9.18 Å². The van der Waals surface area contributed by atoms with Crippen LogP contribution in [0.2, 0.25) is 0 Å². The lowest BCUT2D eigenvalue weighted by Crippen LogP contribution is -1.94. The molecule has 0 amide bonds. The van der Waals surface area contributed by atoms with Gasteiger partial charge in [-0.3, -0.25) is 0 Å². The van der Waals surface area contributed by atoms with Crippen molar-refractivity contribution < 1.29 is 18.8 Å². The highest BCUT2D eigenvalue weighted by Gasteiger charge is 2.16. The van der Waals surface area contributed by atoms with Gasteiger partial charge in [-0.05, 0) is 18.4 Å². The summed E-state index contributed by atoms with van der Waals surface area (Å²) in [5.74, 6) is -1.31. The Kier molecular flexibility index (Phi) is 3.14. The Balaban J connectivity index is 2.52. The quantitative estimate of drug-likeness (QED) is 0.852. The number of hydrogen-bond donors (Lipinski definition) is 1. The molecule has 1 aromatic carbocycles. The number of nitrogens with zero attached hydrogens (tertiary/aromatic N) is 1. The van der Waals surface area contributed by atoms with Crippen LogP contribution in [-0.4, -0.2) is 22.5 Å². The fourth-order valence-electron chi connectivity index (χ4n) is 1.41. The molecule has 0 saturated heterocycles. The first-order valence-corrected chi connectivity index (χ1v) is 5.89. The summed E-state index contributed by atoms with van der Waals surface area (Å²) in [5.41, 5.74) is 0.300. The van der Waals surface area contributed by atoms with E-state index in [1.807, 2.05) is 0 Å². The molecule has 0 radical (unpaired) electrons. The molecule has 2 rings (SSSR count). The van der Waals surface area contributed by atoms with Crippen LogP contribution in [0.3, 0.4) is 0 Å². The van der Waals surface area contributed by atoms with E-state index >= 15 is 0 Å². The summed E-state index contributed by atoms with van der Waals surface area (Å²) in [6, 6.07) is 5.80. The van der Waals surface area contributed by atoms with Crippen molar-refractivity contribution in [2.24, 2.45) is 0 Å². The Morgan fingerprint density at radius 3 is 2.88 bits per heavy atom. The first-order chi connectivity index (χ1) is 8.13. The van der Waals surface area contributed by atoms with Gasteiger partial charge in [-0.15, -0.1) is 11.8 Å². The highest BCUT2D eigenvalue weighted by atomic mass is 32.2. The third-order valence-electron chi connectivity index (χ3n) is 2.17. The summed E-state index contributed by atoms with van der Waals surface area (Å²) in [6.45, 7) is 0. The third-order valence-corrected chi connectivity index (χ3v) is 2.99. The van der Waals surface area contributed by atoms with Gasteiger partial charge >= 0.3 is 5.97 Å². The van der Waals surface area contributed by atoms with Crippen LogP contribution >= 0.6 is 11.8 Å². The molecule has 1 N–H and O–H groups in total. The molecule has 0 aliphatic rings. The summed E-state index contributed by atoms with van der Waals surface area (Å²) < 4.78 is 18.4. The van der Waals surface area contributed by atoms with Crippen LogP contribution in [0.25, 0.3) is 11.3 Å². The number of carboxylic acid groups (broad SMARTS) is 1. The second-order valence-electron chi connectivity index (χ2n) is 3.20. The molecule has 0 saturated carbocycles. The molecule has 0 aliphatic heterocycles. The SMILES string of the molecule is CSc1c(F)cccc1-c1cc(C(=O)O)no1. The number of carbonyl (C=O) groups is 1. The zero-order valence-corrected chi connectivity index (χ0v) is 9.62. The van der Waals surface area contributed by atoms with Gasteiger partial charge in [-0.1, -0.05) is 11.2 Å². The Morgan fingerprint density at radius 1 is 1.53 bits per heavy atom. The van der Waals surface area contributed by atoms with E-state index in [-0.39, 0.29) is 17.3 Å². The van der Waals surface area contributed by atoms with Crippen LogP contribution in [0.15, 0.2) is 33.7 Å². The van der Waals surface area contributed by atoms with Gasteiger partial charge in [0, 0.05) is 11.6 Å². The van der Waals surface area contributed by atoms with Crippen molar-refractivity contribution in [2.75, 3.05) is 6.26 Å². The van der Waals surface area contributed by atoms with E-state index in [1.54, 1.807) is 12.3 Å². The normalized spacial score (nSPS) is 10.5. The molecule has 0 aliphatic carbocycles. The van der Waals surface area contributed by atoms with E-state index in [0.29, 0.717) is 10.5 Å². The lowest BCUT2D eigenvalue weighted by atomic mass is 10.1. The van der Waals surface area contributed by atoms with E-state index in [0.717, 1.165) is 0 Å². The summed E-state index contributed by atoms with van der Waals surface area (Å²) in [6.07, 6.45) is 1.73. The lowest BCUT2D eigenvalue weighted by molar-refractivity contribution is 0.0686. The molecule has 0 bridgehead atoms. The van der Waals surface area contributed by atoms with Crippen molar-refractivity contribution in [3.63, 3.8) is 0 Å². The minimum atomic E-state index is -1.18. The Hall–Kier alpha value is -1.82. The van der Waals surface area contributed by atoms with Crippen LogP contribution in [0.5, 0.6) is 0 Å². The molecule has 88 valence electrons. The number of rotatable bonds is 3. The standard InChI is InChI=1S/C11H8FNO3S/c1-17-10-6(3-2-4-7(10)12)9-5-8(11(14)15)13-16-9/h2-5H,1H3,(H,14,15). The maximum Gasteiger partial charge on any atom is 0.358 e. The molecule has 0 fully saturated rings. The van der Waals surface area contributed by atoms with Crippen LogP contribution in [0.4, 0.5) is 4.39 Å². The molecule has 6 heteroatoms. The zero-order valence-electron chi connectivity index (χ0n) is 8.81. The molecular weight excluding hydrogens is 245 g/mol. The van der Waals surface area contributed by atoms with Crippen molar-refractivity contribution in [1.29, 1.82) is 0 Å². The van der Waals surface area contributed by atoms with Crippen molar-refractivity contribution in [2.45, 2.75) is 4.90 Å². The molecule has 0 atom stereocenters.